The molecule has 1 aliphatic carbocycles. The van der Waals surface area contributed by atoms with E-state index in [1.54, 1.807) is 4.90 Å². The summed E-state index contributed by atoms with van der Waals surface area (Å²) in [5.74, 6) is -5.42. The molecule has 2 aromatic carbocycles. The molecule has 0 aliphatic heterocycles. The summed E-state index contributed by atoms with van der Waals surface area (Å²) < 4.78 is 0. The van der Waals surface area contributed by atoms with Crippen molar-refractivity contribution in [1.29, 1.82) is 0 Å². The third kappa shape index (κ3) is 5.84. The maximum atomic E-state index is 13.4. The lowest BCUT2D eigenvalue weighted by Gasteiger charge is -2.41. The second-order valence-electron chi connectivity index (χ2n) is 8.51. The Balaban J connectivity index is 1.73. The Bertz CT molecular complexity index is 937. The van der Waals surface area contributed by atoms with Crippen LogP contribution < -0.4 is 0 Å². The van der Waals surface area contributed by atoms with Crippen molar-refractivity contribution in [2.75, 3.05) is 6.54 Å². The average molecular weight is 436 g/mol. The average Bonchev–Trinajstić information content (AvgIpc) is 2.73. The molecule has 168 valence electrons. The standard InChI is InChI=1S/C26H29NO5/c1-18(9-8-14-19-10-4-2-5-11-19)16-27(17-20-12-6-3-7-13-20)24(28)23-21(25(29)30)15-22(23)26(31)32/h2-8,10-14,18,21-23H,9,15-17H2,1H3,(H,29,30)(H,31,32)/t18-,21?,22?,23?/m1/s1. The minimum absolute atomic E-state index is 0.00435. The lowest BCUT2D eigenvalue weighted by atomic mass is 9.64. The number of carbonyl (C=O) groups is 3. The van der Waals surface area contributed by atoms with Crippen LogP contribution in [0.15, 0.2) is 66.7 Å². The Morgan fingerprint density at radius 3 is 2.09 bits per heavy atom. The van der Waals surface area contributed by atoms with Gasteiger partial charge in [0.05, 0.1) is 17.8 Å². The quantitative estimate of drug-likeness (QED) is 0.584. The molecule has 0 heterocycles. The van der Waals surface area contributed by atoms with Crippen molar-refractivity contribution >= 4 is 23.9 Å². The lowest BCUT2D eigenvalue weighted by molar-refractivity contribution is -0.171. The number of hydrogen-bond donors (Lipinski definition) is 2. The molecule has 1 amide bonds. The van der Waals surface area contributed by atoms with Gasteiger partial charge >= 0.3 is 11.9 Å². The normalized spacial score (nSPS) is 21.0. The first-order valence-electron chi connectivity index (χ1n) is 10.9. The van der Waals surface area contributed by atoms with Gasteiger partial charge in [0.2, 0.25) is 5.91 Å². The monoisotopic (exact) mass is 435 g/mol. The van der Waals surface area contributed by atoms with Crippen LogP contribution >= 0.6 is 0 Å². The molecule has 1 fully saturated rings. The molecule has 0 bridgehead atoms. The van der Waals surface area contributed by atoms with E-state index in [2.05, 4.69) is 6.08 Å². The highest BCUT2D eigenvalue weighted by atomic mass is 16.4. The Labute approximate surface area is 188 Å². The predicted octanol–water partition coefficient (Wildman–Crippen LogP) is 4.18. The molecule has 2 aromatic rings. The molecule has 2 N–H and O–H groups in total. The van der Waals surface area contributed by atoms with E-state index in [-0.39, 0.29) is 12.3 Å². The van der Waals surface area contributed by atoms with Crippen molar-refractivity contribution in [3.8, 4) is 0 Å². The van der Waals surface area contributed by atoms with E-state index in [4.69, 9.17) is 0 Å². The number of carboxylic acid groups (broad SMARTS) is 2. The molecular formula is C26H29NO5. The zero-order chi connectivity index (χ0) is 23.1. The third-order valence-electron chi connectivity index (χ3n) is 6.00. The van der Waals surface area contributed by atoms with E-state index < -0.39 is 35.6 Å². The number of amides is 1. The summed E-state index contributed by atoms with van der Waals surface area (Å²) >= 11 is 0. The number of aliphatic carboxylic acids is 2. The summed E-state index contributed by atoms with van der Waals surface area (Å²) in [5, 5.41) is 18.9. The minimum atomic E-state index is -1.11. The van der Waals surface area contributed by atoms with Crippen LogP contribution in [0.3, 0.4) is 0 Å². The molecule has 6 heteroatoms. The Morgan fingerprint density at radius 1 is 0.969 bits per heavy atom. The first-order chi connectivity index (χ1) is 15.4. The number of hydrogen-bond acceptors (Lipinski definition) is 3. The van der Waals surface area contributed by atoms with E-state index in [1.165, 1.54) is 0 Å². The van der Waals surface area contributed by atoms with Crippen LogP contribution in [0.25, 0.3) is 6.08 Å². The van der Waals surface area contributed by atoms with Gasteiger partial charge in [-0.25, -0.2) is 0 Å². The molecule has 32 heavy (non-hydrogen) atoms. The van der Waals surface area contributed by atoms with Crippen LogP contribution in [0, 0.1) is 23.7 Å². The van der Waals surface area contributed by atoms with E-state index in [9.17, 15) is 24.6 Å². The summed E-state index contributed by atoms with van der Waals surface area (Å²) in [6.45, 7) is 2.77. The van der Waals surface area contributed by atoms with Crippen LogP contribution in [0.1, 0.15) is 30.9 Å². The highest BCUT2D eigenvalue weighted by Crippen LogP contribution is 2.42. The number of carboxylic acids is 2. The lowest BCUT2D eigenvalue weighted by Crippen LogP contribution is -2.54. The van der Waals surface area contributed by atoms with E-state index in [1.807, 2.05) is 73.7 Å². The van der Waals surface area contributed by atoms with Gasteiger partial charge in [0, 0.05) is 13.1 Å². The van der Waals surface area contributed by atoms with Crippen molar-refractivity contribution in [3.05, 3.63) is 77.9 Å². The van der Waals surface area contributed by atoms with Crippen molar-refractivity contribution in [3.63, 3.8) is 0 Å². The zero-order valence-corrected chi connectivity index (χ0v) is 18.1. The van der Waals surface area contributed by atoms with Gasteiger partial charge in [-0.05, 0) is 29.9 Å². The fourth-order valence-corrected chi connectivity index (χ4v) is 4.20. The van der Waals surface area contributed by atoms with Crippen molar-refractivity contribution in [2.45, 2.75) is 26.3 Å². The highest BCUT2D eigenvalue weighted by Gasteiger charge is 2.54. The van der Waals surface area contributed by atoms with Gasteiger partial charge in [0.1, 0.15) is 0 Å². The largest absolute Gasteiger partial charge is 0.481 e. The smallest absolute Gasteiger partial charge is 0.307 e. The molecule has 0 saturated heterocycles. The molecule has 0 spiro atoms. The molecule has 1 saturated carbocycles. The second kappa shape index (κ2) is 10.8. The van der Waals surface area contributed by atoms with Gasteiger partial charge in [-0.2, -0.15) is 0 Å². The zero-order valence-electron chi connectivity index (χ0n) is 18.1. The van der Waals surface area contributed by atoms with Gasteiger partial charge < -0.3 is 15.1 Å². The van der Waals surface area contributed by atoms with Gasteiger partial charge in [-0.3, -0.25) is 14.4 Å². The van der Waals surface area contributed by atoms with Crippen molar-refractivity contribution < 1.29 is 24.6 Å². The third-order valence-corrected chi connectivity index (χ3v) is 6.00. The van der Waals surface area contributed by atoms with E-state index >= 15 is 0 Å². The first-order valence-corrected chi connectivity index (χ1v) is 10.9. The summed E-state index contributed by atoms with van der Waals surface area (Å²) in [6.07, 6.45) is 4.83. The Morgan fingerprint density at radius 2 is 1.53 bits per heavy atom. The summed E-state index contributed by atoms with van der Waals surface area (Å²) in [4.78, 5) is 38.1. The first kappa shape index (κ1) is 23.3. The fourth-order valence-electron chi connectivity index (χ4n) is 4.20. The molecule has 1 aliphatic rings. The van der Waals surface area contributed by atoms with Gasteiger partial charge in [0.25, 0.3) is 0 Å². The van der Waals surface area contributed by atoms with Gasteiger partial charge in [-0.1, -0.05) is 79.7 Å². The minimum Gasteiger partial charge on any atom is -0.481 e. The molecule has 6 nitrogen and oxygen atoms in total. The maximum absolute atomic E-state index is 13.4. The summed E-state index contributed by atoms with van der Waals surface area (Å²) in [5.41, 5.74) is 2.02. The molecule has 3 rings (SSSR count). The van der Waals surface area contributed by atoms with Crippen LogP contribution in [0.2, 0.25) is 0 Å². The highest BCUT2D eigenvalue weighted by molar-refractivity contribution is 5.92. The van der Waals surface area contributed by atoms with Crippen molar-refractivity contribution in [1.82, 2.24) is 4.90 Å². The maximum Gasteiger partial charge on any atom is 0.307 e. The SMILES string of the molecule is C[C@H](CC=Cc1ccccc1)CN(Cc1ccccc1)C(=O)C1C(C(=O)O)CC1C(=O)O. The Hall–Kier alpha value is -3.41. The fraction of sp³-hybridized carbons (Fsp3) is 0.346. The van der Waals surface area contributed by atoms with E-state index in [0.717, 1.165) is 17.5 Å². The molecule has 0 aromatic heterocycles. The number of allylic oxidation sites excluding steroid dienone is 1. The predicted molar refractivity (Wildman–Crippen MR) is 121 cm³/mol. The van der Waals surface area contributed by atoms with Crippen LogP contribution in [-0.4, -0.2) is 39.5 Å². The number of carbonyl (C=O) groups excluding carboxylic acids is 1. The number of benzene rings is 2. The van der Waals surface area contributed by atoms with E-state index in [0.29, 0.717) is 13.1 Å². The Kier molecular flexibility index (Phi) is 7.82. The summed E-state index contributed by atoms with van der Waals surface area (Å²) in [7, 11) is 0. The van der Waals surface area contributed by atoms with Gasteiger partial charge in [-0.15, -0.1) is 0 Å². The second-order valence-corrected chi connectivity index (χ2v) is 8.51. The van der Waals surface area contributed by atoms with Crippen molar-refractivity contribution in [2.24, 2.45) is 23.7 Å². The molecular weight excluding hydrogens is 406 g/mol. The number of nitrogens with zero attached hydrogens (tertiary/aromatic N) is 1. The van der Waals surface area contributed by atoms with Gasteiger partial charge in [0.15, 0.2) is 0 Å². The summed E-state index contributed by atoms with van der Waals surface area (Å²) in [6, 6.07) is 19.4. The topological polar surface area (TPSA) is 94.9 Å². The van der Waals surface area contributed by atoms with Crippen LogP contribution in [0.5, 0.6) is 0 Å². The molecule has 0 radical (unpaired) electrons. The van der Waals surface area contributed by atoms with Crippen LogP contribution in [-0.2, 0) is 20.9 Å². The molecule has 3 atom stereocenters. The van der Waals surface area contributed by atoms with Crippen LogP contribution in [0.4, 0.5) is 0 Å². The number of rotatable bonds is 10. The molecule has 2 unspecified atom stereocenters.